The summed E-state index contributed by atoms with van der Waals surface area (Å²) in [7, 11) is 0. The Morgan fingerprint density at radius 2 is 1.74 bits per heavy atom. The monoisotopic (exact) mass is 549 g/mol. The molecule has 0 atom stereocenters. The molecule has 2 amide bonds. The van der Waals surface area contributed by atoms with Crippen LogP contribution in [0.1, 0.15) is 36.8 Å². The maximum atomic E-state index is 11.9. The van der Waals surface area contributed by atoms with Crippen LogP contribution in [-0.2, 0) is 25.5 Å². The minimum atomic E-state index is -0.464. The van der Waals surface area contributed by atoms with Crippen molar-refractivity contribution in [3.63, 3.8) is 0 Å². The molecule has 0 aliphatic heterocycles. The quantitative estimate of drug-likeness (QED) is 0.170. The zero-order valence-electron chi connectivity index (χ0n) is 18.9. The van der Waals surface area contributed by atoms with Gasteiger partial charge in [0.1, 0.15) is 5.75 Å². The standard InChI is InChI=1S/C24H28BrN3O5S/c1-17-15-19(25)12-13-20(17)33-16-22(30)27-28-24(34)26-21(29)10-5-11-23(31)32-14-6-9-18-7-3-2-4-8-18/h2-4,7-8,12-13,15H,5-6,9-11,14,16H2,1H3,(H,27,30)(H2,26,28,29,34). The molecule has 0 aromatic heterocycles. The van der Waals surface area contributed by atoms with E-state index in [1.165, 1.54) is 5.56 Å². The van der Waals surface area contributed by atoms with Gasteiger partial charge in [-0.05, 0) is 67.7 Å². The second-order valence-corrected chi connectivity index (χ2v) is 8.74. The summed E-state index contributed by atoms with van der Waals surface area (Å²) in [5, 5.41) is 2.38. The Hall–Kier alpha value is -2.98. The van der Waals surface area contributed by atoms with E-state index in [4.69, 9.17) is 21.7 Å². The van der Waals surface area contributed by atoms with Crippen LogP contribution in [0.3, 0.4) is 0 Å². The number of hydrogen-bond donors (Lipinski definition) is 3. The highest BCUT2D eigenvalue weighted by Gasteiger charge is 2.10. The summed E-state index contributed by atoms with van der Waals surface area (Å²) in [6.07, 6.45) is 2.16. The fourth-order valence-electron chi connectivity index (χ4n) is 2.87. The molecular weight excluding hydrogens is 522 g/mol. The van der Waals surface area contributed by atoms with Gasteiger partial charge in [-0.1, -0.05) is 46.3 Å². The Kier molecular flexibility index (Phi) is 12.0. The smallest absolute Gasteiger partial charge is 0.305 e. The molecule has 0 saturated carbocycles. The van der Waals surface area contributed by atoms with E-state index in [1.54, 1.807) is 6.07 Å². The number of amides is 2. The second kappa shape index (κ2) is 15.0. The molecule has 3 N–H and O–H groups in total. The number of carbonyl (C=O) groups is 3. The molecule has 0 bridgehead atoms. The lowest BCUT2D eigenvalue weighted by atomic mass is 10.1. The number of rotatable bonds is 11. The van der Waals surface area contributed by atoms with Gasteiger partial charge in [0, 0.05) is 17.3 Å². The van der Waals surface area contributed by atoms with Crippen molar-refractivity contribution in [2.24, 2.45) is 0 Å². The van der Waals surface area contributed by atoms with Crippen LogP contribution in [0.4, 0.5) is 0 Å². The first-order chi connectivity index (χ1) is 16.3. The van der Waals surface area contributed by atoms with Crippen molar-refractivity contribution in [2.45, 2.75) is 39.0 Å². The van der Waals surface area contributed by atoms with Crippen molar-refractivity contribution in [1.29, 1.82) is 0 Å². The van der Waals surface area contributed by atoms with E-state index in [0.717, 1.165) is 22.9 Å². The summed E-state index contributed by atoms with van der Waals surface area (Å²) in [6.45, 7) is 1.99. The lowest BCUT2D eigenvalue weighted by Gasteiger charge is -2.12. The van der Waals surface area contributed by atoms with Gasteiger partial charge >= 0.3 is 5.97 Å². The van der Waals surface area contributed by atoms with E-state index in [0.29, 0.717) is 18.8 Å². The van der Waals surface area contributed by atoms with Crippen LogP contribution in [0.2, 0.25) is 0 Å². The van der Waals surface area contributed by atoms with Crippen molar-refractivity contribution >= 4 is 51.0 Å². The summed E-state index contributed by atoms with van der Waals surface area (Å²) in [5.41, 5.74) is 6.87. The van der Waals surface area contributed by atoms with Gasteiger partial charge in [-0.25, -0.2) is 0 Å². The van der Waals surface area contributed by atoms with E-state index in [1.807, 2.05) is 49.4 Å². The van der Waals surface area contributed by atoms with Gasteiger partial charge in [-0.3, -0.25) is 25.2 Å². The van der Waals surface area contributed by atoms with Gasteiger partial charge in [0.05, 0.1) is 6.61 Å². The van der Waals surface area contributed by atoms with Crippen LogP contribution in [0, 0.1) is 6.92 Å². The highest BCUT2D eigenvalue weighted by Crippen LogP contribution is 2.21. The summed E-state index contributed by atoms with van der Waals surface area (Å²) in [6, 6.07) is 15.4. The zero-order chi connectivity index (χ0) is 24.8. The fourth-order valence-corrected chi connectivity index (χ4v) is 3.51. The van der Waals surface area contributed by atoms with Gasteiger partial charge in [0.25, 0.3) is 5.91 Å². The van der Waals surface area contributed by atoms with Crippen molar-refractivity contribution in [2.75, 3.05) is 13.2 Å². The Bertz CT molecular complexity index is 988. The number of thiocarbonyl (C=S) groups is 1. The molecule has 0 saturated heterocycles. The lowest BCUT2D eigenvalue weighted by Crippen LogP contribution is -2.49. The number of hydrazine groups is 1. The molecule has 2 aromatic rings. The Morgan fingerprint density at radius 3 is 2.47 bits per heavy atom. The molecule has 182 valence electrons. The van der Waals surface area contributed by atoms with Gasteiger partial charge in [-0.15, -0.1) is 0 Å². The van der Waals surface area contributed by atoms with Gasteiger partial charge in [0.2, 0.25) is 5.91 Å². The maximum Gasteiger partial charge on any atom is 0.305 e. The predicted octanol–water partition coefficient (Wildman–Crippen LogP) is 3.50. The SMILES string of the molecule is Cc1cc(Br)ccc1OCC(=O)NNC(=S)NC(=O)CCCC(=O)OCCCc1ccccc1. The number of halogens is 1. The summed E-state index contributed by atoms with van der Waals surface area (Å²) in [4.78, 5) is 35.6. The van der Waals surface area contributed by atoms with Crippen LogP contribution >= 0.6 is 28.1 Å². The van der Waals surface area contributed by atoms with Gasteiger partial charge in [0.15, 0.2) is 11.7 Å². The van der Waals surface area contributed by atoms with Crippen molar-refractivity contribution in [3.8, 4) is 5.75 Å². The van der Waals surface area contributed by atoms with Crippen LogP contribution in [0.15, 0.2) is 53.0 Å². The fraction of sp³-hybridized carbons (Fsp3) is 0.333. The molecule has 2 rings (SSSR count). The van der Waals surface area contributed by atoms with E-state index in [2.05, 4.69) is 32.1 Å². The molecule has 0 fully saturated rings. The number of carbonyl (C=O) groups excluding carboxylic acids is 3. The second-order valence-electron chi connectivity index (χ2n) is 7.41. The van der Waals surface area contributed by atoms with Crippen LogP contribution in [0.25, 0.3) is 0 Å². The molecular formula is C24H28BrN3O5S. The lowest BCUT2D eigenvalue weighted by molar-refractivity contribution is -0.143. The highest BCUT2D eigenvalue weighted by atomic mass is 79.9. The first kappa shape index (κ1) is 27.3. The van der Waals surface area contributed by atoms with Gasteiger partial charge in [-0.2, -0.15) is 0 Å². The molecule has 0 heterocycles. The Morgan fingerprint density at radius 1 is 0.971 bits per heavy atom. The third kappa shape index (κ3) is 11.2. The molecule has 2 aromatic carbocycles. The average molecular weight is 550 g/mol. The number of esters is 1. The third-order valence-electron chi connectivity index (χ3n) is 4.56. The summed E-state index contributed by atoms with van der Waals surface area (Å²) in [5.74, 6) is -0.585. The summed E-state index contributed by atoms with van der Waals surface area (Å²) >= 11 is 8.34. The molecule has 0 aliphatic rings. The van der Waals surface area contributed by atoms with Gasteiger partial charge < -0.3 is 14.8 Å². The molecule has 10 heteroatoms. The Labute approximate surface area is 212 Å². The van der Waals surface area contributed by atoms with E-state index in [-0.39, 0.29) is 36.4 Å². The first-order valence-electron chi connectivity index (χ1n) is 10.8. The number of benzene rings is 2. The molecule has 34 heavy (non-hydrogen) atoms. The van der Waals surface area contributed by atoms with E-state index in [9.17, 15) is 14.4 Å². The Balaban J connectivity index is 1.51. The summed E-state index contributed by atoms with van der Waals surface area (Å²) < 4.78 is 11.6. The first-order valence-corrected chi connectivity index (χ1v) is 12.0. The molecule has 0 aliphatic carbocycles. The van der Waals surface area contributed by atoms with Crippen molar-refractivity contribution in [3.05, 3.63) is 64.1 Å². The van der Waals surface area contributed by atoms with Crippen LogP contribution < -0.4 is 20.9 Å². The minimum Gasteiger partial charge on any atom is -0.483 e. The van der Waals surface area contributed by atoms with Crippen LogP contribution in [0.5, 0.6) is 5.75 Å². The minimum absolute atomic E-state index is 0.0540. The largest absolute Gasteiger partial charge is 0.483 e. The normalized spacial score (nSPS) is 10.2. The van der Waals surface area contributed by atoms with Crippen molar-refractivity contribution in [1.82, 2.24) is 16.2 Å². The topological polar surface area (TPSA) is 106 Å². The number of ether oxygens (including phenoxy) is 2. The average Bonchev–Trinajstić information content (AvgIpc) is 2.80. The van der Waals surface area contributed by atoms with E-state index >= 15 is 0 Å². The number of hydrogen-bond acceptors (Lipinski definition) is 6. The highest BCUT2D eigenvalue weighted by molar-refractivity contribution is 9.10. The van der Waals surface area contributed by atoms with E-state index < -0.39 is 5.91 Å². The molecule has 0 radical (unpaired) electrons. The predicted molar refractivity (Wildman–Crippen MR) is 136 cm³/mol. The van der Waals surface area contributed by atoms with Crippen molar-refractivity contribution < 1.29 is 23.9 Å². The number of aryl methyl sites for hydroxylation is 2. The molecule has 0 unspecified atom stereocenters. The molecule has 0 spiro atoms. The maximum absolute atomic E-state index is 11.9. The van der Waals surface area contributed by atoms with Crippen LogP contribution in [-0.4, -0.2) is 36.1 Å². The number of nitrogens with one attached hydrogen (secondary N) is 3. The zero-order valence-corrected chi connectivity index (χ0v) is 21.3. The molecule has 8 nitrogen and oxygen atoms in total. The third-order valence-corrected chi connectivity index (χ3v) is 5.26.